The zero-order valence-corrected chi connectivity index (χ0v) is 15.9. The number of ether oxygens (including phenoxy) is 1. The molecular weight excluding hydrogens is 320 g/mol. The van der Waals surface area contributed by atoms with Gasteiger partial charge in [0.25, 0.3) is 0 Å². The van der Waals surface area contributed by atoms with Gasteiger partial charge in [-0.05, 0) is 91.9 Å². The van der Waals surface area contributed by atoms with E-state index in [2.05, 4.69) is 25.2 Å². The van der Waals surface area contributed by atoms with E-state index in [0.29, 0.717) is 16.6 Å². The van der Waals surface area contributed by atoms with Crippen molar-refractivity contribution >= 4 is 5.78 Å². The molecule has 2 nitrogen and oxygen atoms in total. The third-order valence-corrected chi connectivity index (χ3v) is 10.3. The van der Waals surface area contributed by atoms with Crippen LogP contribution in [0.1, 0.15) is 58.3 Å². The molecule has 0 aromatic carbocycles. The maximum atomic E-state index is 12.2. The van der Waals surface area contributed by atoms with Crippen molar-refractivity contribution in [2.45, 2.75) is 63.9 Å². The van der Waals surface area contributed by atoms with Gasteiger partial charge in [-0.25, -0.2) is 0 Å². The zero-order chi connectivity index (χ0) is 17.3. The Labute approximate surface area is 156 Å². The Kier molecular flexibility index (Phi) is 2.55. The van der Waals surface area contributed by atoms with Gasteiger partial charge in [-0.3, -0.25) is 4.79 Å². The maximum Gasteiger partial charge on any atom is 0.155 e. The van der Waals surface area contributed by atoms with Crippen molar-refractivity contribution < 1.29 is 9.53 Å². The second kappa shape index (κ2) is 4.40. The predicted molar refractivity (Wildman–Crippen MR) is 99.3 cm³/mol. The van der Waals surface area contributed by atoms with Crippen LogP contribution in [0.3, 0.4) is 0 Å². The molecule has 0 aromatic rings. The van der Waals surface area contributed by atoms with Gasteiger partial charge in [0.15, 0.2) is 5.78 Å². The molecule has 1 heterocycles. The molecule has 1 aliphatic heterocycles. The predicted octanol–water partition coefficient (Wildman–Crippen LogP) is 4.70. The minimum Gasteiger partial charge on any atom is -0.366 e. The summed E-state index contributed by atoms with van der Waals surface area (Å²) in [6.07, 6.45) is 17.0. The van der Waals surface area contributed by atoms with Crippen molar-refractivity contribution in [1.82, 2.24) is 0 Å². The Morgan fingerprint density at radius 3 is 2.77 bits per heavy atom. The van der Waals surface area contributed by atoms with Gasteiger partial charge in [0.05, 0.1) is 12.2 Å². The summed E-state index contributed by atoms with van der Waals surface area (Å²) in [7, 11) is 0. The molecule has 26 heavy (non-hydrogen) atoms. The summed E-state index contributed by atoms with van der Waals surface area (Å²) in [5.74, 6) is 5.46. The van der Waals surface area contributed by atoms with Gasteiger partial charge in [0.2, 0.25) is 0 Å². The standard InChI is InChI=1S/C24H30O2/c1-22-7-5-15-16-4-3-14(25)11-19(16)23(8-9-23)13-18(15)21(22)17-12-20(17)24(22)6-2-10-26-24/h2,6,11,15-18,20-21H,3-5,7-10,12-13H2,1H3/t15?,16?,17?,18?,20?,21?,22-,24?/m0/s1. The molecule has 2 spiro atoms. The Bertz CT molecular complexity index is 773. The smallest absolute Gasteiger partial charge is 0.155 e. The minimum absolute atomic E-state index is 0.0721. The van der Waals surface area contributed by atoms with Crippen LogP contribution in [0.2, 0.25) is 0 Å². The van der Waals surface area contributed by atoms with Gasteiger partial charge in [-0.15, -0.1) is 0 Å². The van der Waals surface area contributed by atoms with Gasteiger partial charge in [-0.2, -0.15) is 0 Å². The highest BCUT2D eigenvalue weighted by molar-refractivity contribution is 5.91. The molecule has 2 heteroatoms. The van der Waals surface area contributed by atoms with E-state index in [1.54, 1.807) is 5.57 Å². The van der Waals surface area contributed by atoms with E-state index < -0.39 is 0 Å². The zero-order valence-electron chi connectivity index (χ0n) is 15.9. The van der Waals surface area contributed by atoms with Gasteiger partial charge in [-0.1, -0.05) is 24.6 Å². The summed E-state index contributed by atoms with van der Waals surface area (Å²) in [6, 6.07) is 0. The first-order valence-electron chi connectivity index (χ1n) is 11.1. The molecule has 7 unspecified atom stereocenters. The fourth-order valence-electron chi connectivity index (χ4n) is 9.19. The molecule has 0 aromatic heterocycles. The summed E-state index contributed by atoms with van der Waals surface area (Å²) >= 11 is 0. The van der Waals surface area contributed by atoms with Crippen LogP contribution >= 0.6 is 0 Å². The molecule has 0 bridgehead atoms. The van der Waals surface area contributed by atoms with Crippen LogP contribution in [0.25, 0.3) is 0 Å². The van der Waals surface area contributed by atoms with Crippen LogP contribution in [0.15, 0.2) is 23.8 Å². The lowest BCUT2D eigenvalue weighted by Crippen LogP contribution is -2.55. The van der Waals surface area contributed by atoms with E-state index in [1.807, 2.05) is 0 Å². The Morgan fingerprint density at radius 1 is 1.12 bits per heavy atom. The molecule has 138 valence electrons. The van der Waals surface area contributed by atoms with Gasteiger partial charge in [0, 0.05) is 11.8 Å². The average Bonchev–Trinajstić information content (AvgIpc) is 3.52. The average molecular weight is 351 g/mol. The molecule has 5 saturated carbocycles. The summed E-state index contributed by atoms with van der Waals surface area (Å²) in [6.45, 7) is 3.42. The number of ketones is 1. The number of allylic oxidation sites excluding steroid dienone is 1. The Balaban J connectivity index is 1.32. The van der Waals surface area contributed by atoms with E-state index in [1.165, 1.54) is 38.5 Å². The molecule has 7 aliphatic rings. The third-order valence-electron chi connectivity index (χ3n) is 10.3. The highest BCUT2D eigenvalue weighted by Gasteiger charge is 2.77. The van der Waals surface area contributed by atoms with E-state index in [4.69, 9.17) is 4.74 Å². The van der Waals surface area contributed by atoms with Crippen molar-refractivity contribution in [1.29, 1.82) is 0 Å². The first-order chi connectivity index (χ1) is 12.6. The molecule has 6 aliphatic carbocycles. The number of carbonyl (C=O) groups excluding carboxylic acids is 1. The highest BCUT2D eigenvalue weighted by atomic mass is 16.5. The largest absolute Gasteiger partial charge is 0.366 e. The van der Waals surface area contributed by atoms with E-state index in [0.717, 1.165) is 55.0 Å². The number of hydrogen-bond donors (Lipinski definition) is 0. The lowest BCUT2D eigenvalue weighted by Gasteiger charge is -2.58. The first-order valence-corrected chi connectivity index (χ1v) is 11.1. The minimum atomic E-state index is 0.0721. The molecule has 7 rings (SSSR count). The molecule has 0 amide bonds. The van der Waals surface area contributed by atoms with Crippen molar-refractivity contribution in [2.75, 3.05) is 6.61 Å². The van der Waals surface area contributed by atoms with Gasteiger partial charge >= 0.3 is 0 Å². The fraction of sp³-hybridized carbons (Fsp3) is 0.792. The van der Waals surface area contributed by atoms with Crippen molar-refractivity contribution in [3.05, 3.63) is 23.8 Å². The SMILES string of the molecule is C[C@]12CCC3C4CCC(=O)C=C4C4(CC4)CC3C1C1CC1C21C=CCO1. The molecule has 0 N–H and O–H groups in total. The Morgan fingerprint density at radius 2 is 2.00 bits per heavy atom. The number of fused-ring (bicyclic) bond motifs is 10. The van der Waals surface area contributed by atoms with Crippen molar-refractivity contribution in [3.8, 4) is 0 Å². The number of carbonyl (C=O) groups is 1. The van der Waals surface area contributed by atoms with Crippen molar-refractivity contribution in [3.63, 3.8) is 0 Å². The van der Waals surface area contributed by atoms with Crippen LogP contribution < -0.4 is 0 Å². The topological polar surface area (TPSA) is 26.3 Å². The molecular formula is C24H30O2. The number of rotatable bonds is 0. The molecule has 8 atom stereocenters. The number of hydrogen-bond acceptors (Lipinski definition) is 2. The van der Waals surface area contributed by atoms with Gasteiger partial charge in [0.1, 0.15) is 0 Å². The van der Waals surface area contributed by atoms with E-state index in [9.17, 15) is 4.79 Å². The van der Waals surface area contributed by atoms with Crippen molar-refractivity contribution in [2.24, 2.45) is 46.3 Å². The van der Waals surface area contributed by atoms with Crippen LogP contribution in [0.5, 0.6) is 0 Å². The molecule has 5 fully saturated rings. The van der Waals surface area contributed by atoms with Gasteiger partial charge < -0.3 is 4.74 Å². The second-order valence-corrected chi connectivity index (χ2v) is 11.0. The summed E-state index contributed by atoms with van der Waals surface area (Å²) in [4.78, 5) is 12.2. The van der Waals surface area contributed by atoms with Crippen LogP contribution in [-0.2, 0) is 9.53 Å². The van der Waals surface area contributed by atoms with E-state index >= 15 is 0 Å². The second-order valence-electron chi connectivity index (χ2n) is 11.0. The Hall–Kier alpha value is -0.890. The van der Waals surface area contributed by atoms with Crippen LogP contribution in [-0.4, -0.2) is 18.0 Å². The summed E-state index contributed by atoms with van der Waals surface area (Å²) in [5, 5.41) is 0. The summed E-state index contributed by atoms with van der Waals surface area (Å²) in [5.41, 5.74) is 2.47. The first kappa shape index (κ1) is 15.1. The molecule has 0 saturated heterocycles. The van der Waals surface area contributed by atoms with E-state index in [-0.39, 0.29) is 5.60 Å². The normalized spacial score (nSPS) is 57.4. The maximum absolute atomic E-state index is 12.2. The third kappa shape index (κ3) is 1.52. The monoisotopic (exact) mass is 350 g/mol. The highest BCUT2D eigenvalue weighted by Crippen LogP contribution is 2.79. The summed E-state index contributed by atoms with van der Waals surface area (Å²) < 4.78 is 6.53. The quantitative estimate of drug-likeness (QED) is 0.592. The lowest BCUT2D eigenvalue weighted by atomic mass is 9.47. The van der Waals surface area contributed by atoms with Crippen LogP contribution in [0, 0.1) is 46.3 Å². The fourth-order valence-corrected chi connectivity index (χ4v) is 9.19. The molecule has 0 radical (unpaired) electrons. The lowest BCUT2D eigenvalue weighted by molar-refractivity contribution is -0.136. The van der Waals surface area contributed by atoms with Crippen LogP contribution in [0.4, 0.5) is 0 Å².